The van der Waals surface area contributed by atoms with E-state index in [1.165, 1.54) is 0 Å². The van der Waals surface area contributed by atoms with Gasteiger partial charge in [0.2, 0.25) is 5.88 Å². The minimum Gasteiger partial charge on any atom is -0.438 e. The molecule has 0 spiro atoms. The Hall–Kier alpha value is -1.99. The maximum absolute atomic E-state index is 9.03. The van der Waals surface area contributed by atoms with Gasteiger partial charge in [-0.15, -0.1) is 0 Å². The lowest BCUT2D eigenvalue weighted by atomic mass is 10.3. The number of ether oxygens (including phenoxy) is 1. The first-order chi connectivity index (χ1) is 8.11. The summed E-state index contributed by atoms with van der Waals surface area (Å²) in [5, 5.41) is 13.8. The van der Waals surface area contributed by atoms with Gasteiger partial charge < -0.3 is 4.74 Å². The van der Waals surface area contributed by atoms with E-state index in [2.05, 4.69) is 11.2 Å². The molecule has 0 atom stereocenters. The van der Waals surface area contributed by atoms with Gasteiger partial charge in [-0.2, -0.15) is 10.4 Å². The number of hydrogen-bond donors (Lipinski definition) is 0. The number of aryl methyl sites for hydroxylation is 2. The molecule has 0 aliphatic heterocycles. The van der Waals surface area contributed by atoms with Gasteiger partial charge >= 0.3 is 0 Å². The Balaban J connectivity index is 2.36. The van der Waals surface area contributed by atoms with E-state index >= 15 is 0 Å². The van der Waals surface area contributed by atoms with Crippen molar-refractivity contribution in [2.75, 3.05) is 0 Å². The molecule has 0 fully saturated rings. The summed E-state index contributed by atoms with van der Waals surface area (Å²) in [6, 6.07) is 9.02. The molecule has 1 aromatic heterocycles. The standard InChI is InChI=1S/C12H10ClN3O/c1-8-11(7-14)12(16(2)15-8)17-10-5-3-9(13)4-6-10/h3-6H,1-2H3. The maximum Gasteiger partial charge on any atom is 0.235 e. The van der Waals surface area contributed by atoms with E-state index in [1.807, 2.05) is 0 Å². The molecule has 1 heterocycles. The SMILES string of the molecule is Cc1nn(C)c(Oc2ccc(Cl)cc2)c1C#N. The molecule has 0 saturated carbocycles. The van der Waals surface area contributed by atoms with Crippen molar-refractivity contribution in [2.24, 2.45) is 7.05 Å². The molecule has 5 heteroatoms. The van der Waals surface area contributed by atoms with Gasteiger partial charge in [-0.05, 0) is 31.2 Å². The second kappa shape index (κ2) is 4.48. The van der Waals surface area contributed by atoms with Crippen LogP contribution in [-0.2, 0) is 7.05 Å². The third kappa shape index (κ3) is 2.24. The Bertz CT molecular complexity index is 581. The number of hydrogen-bond acceptors (Lipinski definition) is 3. The molecule has 0 aliphatic carbocycles. The summed E-state index contributed by atoms with van der Waals surface area (Å²) in [5.74, 6) is 1.06. The van der Waals surface area contributed by atoms with Crippen LogP contribution in [-0.4, -0.2) is 9.78 Å². The summed E-state index contributed by atoms with van der Waals surface area (Å²) < 4.78 is 7.17. The van der Waals surface area contributed by atoms with E-state index in [0.717, 1.165) is 0 Å². The van der Waals surface area contributed by atoms with E-state index in [9.17, 15) is 0 Å². The molecule has 4 nitrogen and oxygen atoms in total. The van der Waals surface area contributed by atoms with E-state index in [4.69, 9.17) is 21.6 Å². The van der Waals surface area contributed by atoms with Gasteiger partial charge in [0.25, 0.3) is 0 Å². The van der Waals surface area contributed by atoms with Crippen molar-refractivity contribution in [3.63, 3.8) is 0 Å². The van der Waals surface area contributed by atoms with Crippen molar-refractivity contribution >= 4 is 11.6 Å². The van der Waals surface area contributed by atoms with Crippen LogP contribution in [0.5, 0.6) is 11.6 Å². The topological polar surface area (TPSA) is 50.8 Å². The third-order valence-electron chi connectivity index (χ3n) is 2.31. The molecule has 1 aromatic carbocycles. The summed E-state index contributed by atoms with van der Waals surface area (Å²) in [5.41, 5.74) is 1.10. The van der Waals surface area contributed by atoms with Crippen molar-refractivity contribution in [3.8, 4) is 17.7 Å². The second-order valence-electron chi connectivity index (χ2n) is 3.56. The molecular weight excluding hydrogens is 238 g/mol. The Kier molecular flexibility index (Phi) is 3.03. The highest BCUT2D eigenvalue weighted by Gasteiger charge is 2.14. The average molecular weight is 248 g/mol. The number of halogens is 1. The largest absolute Gasteiger partial charge is 0.438 e. The number of benzene rings is 1. The van der Waals surface area contributed by atoms with Crippen LogP contribution in [0.1, 0.15) is 11.3 Å². The minimum atomic E-state index is 0.437. The lowest BCUT2D eigenvalue weighted by molar-refractivity contribution is 0.429. The van der Waals surface area contributed by atoms with Gasteiger partial charge in [0.15, 0.2) is 0 Å². The molecule has 2 aromatic rings. The number of nitriles is 1. The maximum atomic E-state index is 9.03. The highest BCUT2D eigenvalue weighted by atomic mass is 35.5. The molecule has 0 amide bonds. The zero-order valence-electron chi connectivity index (χ0n) is 9.44. The van der Waals surface area contributed by atoms with Crippen LogP contribution in [0.4, 0.5) is 0 Å². The van der Waals surface area contributed by atoms with Gasteiger partial charge in [-0.1, -0.05) is 11.6 Å². The Morgan fingerprint density at radius 3 is 2.59 bits per heavy atom. The molecule has 0 aliphatic rings. The number of nitrogens with zero attached hydrogens (tertiary/aromatic N) is 3. The Morgan fingerprint density at radius 1 is 1.35 bits per heavy atom. The predicted molar refractivity (Wildman–Crippen MR) is 64.2 cm³/mol. The van der Waals surface area contributed by atoms with Crippen LogP contribution < -0.4 is 4.74 Å². The summed E-state index contributed by atoms with van der Waals surface area (Å²) in [7, 11) is 1.74. The molecule has 0 unspecified atom stereocenters. The fraction of sp³-hybridized carbons (Fsp3) is 0.167. The summed E-state index contributed by atoms with van der Waals surface area (Å²) in [6.45, 7) is 1.77. The predicted octanol–water partition coefficient (Wildman–Crippen LogP) is 3.05. The van der Waals surface area contributed by atoms with E-state index in [1.54, 1.807) is 42.9 Å². The van der Waals surface area contributed by atoms with Gasteiger partial charge in [0.05, 0.1) is 5.69 Å². The lowest BCUT2D eigenvalue weighted by Crippen LogP contribution is -1.95. The molecule has 0 bridgehead atoms. The monoisotopic (exact) mass is 247 g/mol. The van der Waals surface area contributed by atoms with Gasteiger partial charge in [0, 0.05) is 12.1 Å². The van der Waals surface area contributed by atoms with Gasteiger partial charge in [-0.25, -0.2) is 4.68 Å². The molecule has 0 saturated heterocycles. The summed E-state index contributed by atoms with van der Waals surface area (Å²) in [4.78, 5) is 0. The third-order valence-corrected chi connectivity index (χ3v) is 2.56. The summed E-state index contributed by atoms with van der Waals surface area (Å²) >= 11 is 5.78. The van der Waals surface area contributed by atoms with Crippen molar-refractivity contribution in [1.82, 2.24) is 9.78 Å². The van der Waals surface area contributed by atoms with Gasteiger partial charge in [-0.3, -0.25) is 0 Å². The van der Waals surface area contributed by atoms with Crippen molar-refractivity contribution in [1.29, 1.82) is 5.26 Å². The summed E-state index contributed by atoms with van der Waals surface area (Å²) in [6.07, 6.45) is 0. The quantitative estimate of drug-likeness (QED) is 0.820. The molecule has 0 radical (unpaired) electrons. The zero-order valence-corrected chi connectivity index (χ0v) is 10.2. The van der Waals surface area contributed by atoms with Crippen molar-refractivity contribution < 1.29 is 4.74 Å². The fourth-order valence-electron chi connectivity index (χ4n) is 1.50. The lowest BCUT2D eigenvalue weighted by Gasteiger charge is -2.05. The zero-order chi connectivity index (χ0) is 12.4. The first kappa shape index (κ1) is 11.5. The fourth-order valence-corrected chi connectivity index (χ4v) is 1.62. The van der Waals surface area contributed by atoms with E-state index in [0.29, 0.717) is 27.9 Å². The number of aromatic nitrogens is 2. The van der Waals surface area contributed by atoms with Crippen LogP contribution in [0.3, 0.4) is 0 Å². The molecular formula is C12H10ClN3O. The van der Waals surface area contributed by atoms with Crippen LogP contribution >= 0.6 is 11.6 Å². The van der Waals surface area contributed by atoms with E-state index < -0.39 is 0 Å². The van der Waals surface area contributed by atoms with E-state index in [-0.39, 0.29) is 0 Å². The molecule has 0 N–H and O–H groups in total. The molecule has 17 heavy (non-hydrogen) atoms. The second-order valence-corrected chi connectivity index (χ2v) is 3.99. The van der Waals surface area contributed by atoms with Crippen molar-refractivity contribution in [2.45, 2.75) is 6.92 Å². The highest BCUT2D eigenvalue weighted by molar-refractivity contribution is 6.30. The number of rotatable bonds is 2. The Labute approximate surface area is 104 Å². The minimum absolute atomic E-state index is 0.437. The normalized spacial score (nSPS) is 10.0. The van der Waals surface area contributed by atoms with Crippen molar-refractivity contribution in [3.05, 3.63) is 40.5 Å². The first-order valence-corrected chi connectivity index (χ1v) is 5.36. The molecule has 2 rings (SSSR count). The highest BCUT2D eigenvalue weighted by Crippen LogP contribution is 2.27. The van der Waals surface area contributed by atoms with Gasteiger partial charge in [0.1, 0.15) is 17.4 Å². The average Bonchev–Trinajstić information content (AvgIpc) is 2.57. The first-order valence-electron chi connectivity index (χ1n) is 4.99. The molecule has 86 valence electrons. The van der Waals surface area contributed by atoms with Crippen LogP contribution in [0, 0.1) is 18.3 Å². The van der Waals surface area contributed by atoms with Crippen LogP contribution in [0.15, 0.2) is 24.3 Å². The van der Waals surface area contributed by atoms with Crippen LogP contribution in [0.25, 0.3) is 0 Å². The Morgan fingerprint density at radius 2 is 2.00 bits per heavy atom. The van der Waals surface area contributed by atoms with Crippen LogP contribution in [0.2, 0.25) is 5.02 Å². The smallest absolute Gasteiger partial charge is 0.235 e.